The molecule has 0 aromatic carbocycles. The number of rotatable bonds is 5. The molecule has 1 heterocycles. The van der Waals surface area contributed by atoms with Crippen molar-refractivity contribution in [3.63, 3.8) is 0 Å². The molecule has 1 aromatic rings. The Morgan fingerprint density at radius 2 is 2.14 bits per heavy atom. The van der Waals surface area contributed by atoms with Crippen LogP contribution in [0.25, 0.3) is 0 Å². The molecule has 0 spiro atoms. The maximum absolute atomic E-state index is 12.5. The molecule has 1 N–H and O–H groups in total. The Bertz CT molecular complexity index is 550. The molecule has 1 saturated carbocycles. The molecule has 2 atom stereocenters. The van der Waals surface area contributed by atoms with Crippen LogP contribution in [0.1, 0.15) is 41.5 Å². The third kappa shape index (κ3) is 3.36. The standard InChI is InChI=1S/C17H27N3O/c1-11(2)9-13-14(17(13,5)6)15(21)19-16-18-7-8-20(16)10-12(3)4/h7-9,12-14H,10H2,1-6H3,(H,18,19,21). The summed E-state index contributed by atoms with van der Waals surface area (Å²) in [5, 5.41) is 3.00. The van der Waals surface area contributed by atoms with Gasteiger partial charge in [-0.15, -0.1) is 0 Å². The Kier molecular flexibility index (Phi) is 4.26. The summed E-state index contributed by atoms with van der Waals surface area (Å²) >= 11 is 0. The van der Waals surface area contributed by atoms with Crippen LogP contribution < -0.4 is 5.32 Å². The van der Waals surface area contributed by atoms with Crippen molar-refractivity contribution in [3.05, 3.63) is 24.0 Å². The number of hydrogen-bond donors (Lipinski definition) is 1. The second-order valence-corrected chi connectivity index (χ2v) is 7.36. The summed E-state index contributed by atoms with van der Waals surface area (Å²) in [7, 11) is 0. The molecule has 1 aliphatic rings. The first kappa shape index (κ1) is 15.8. The fraction of sp³-hybridized carbons (Fsp3) is 0.647. The van der Waals surface area contributed by atoms with E-state index in [1.807, 2.05) is 10.8 Å². The van der Waals surface area contributed by atoms with Crippen molar-refractivity contribution >= 4 is 11.9 Å². The van der Waals surface area contributed by atoms with Crippen molar-refractivity contribution in [1.82, 2.24) is 9.55 Å². The first-order valence-corrected chi connectivity index (χ1v) is 7.70. The number of carbonyl (C=O) groups excluding carboxylic acids is 1. The van der Waals surface area contributed by atoms with Crippen molar-refractivity contribution in [2.24, 2.45) is 23.2 Å². The number of carbonyl (C=O) groups is 1. The maximum Gasteiger partial charge on any atom is 0.230 e. The lowest BCUT2D eigenvalue weighted by Crippen LogP contribution is -2.20. The lowest BCUT2D eigenvalue weighted by molar-refractivity contribution is -0.118. The number of nitrogens with one attached hydrogen (secondary N) is 1. The van der Waals surface area contributed by atoms with E-state index < -0.39 is 0 Å². The molecule has 4 heteroatoms. The molecule has 2 unspecified atom stereocenters. The van der Waals surface area contributed by atoms with E-state index in [9.17, 15) is 4.79 Å². The molecular formula is C17H27N3O. The molecule has 2 rings (SSSR count). The highest BCUT2D eigenvalue weighted by molar-refractivity contribution is 5.94. The van der Waals surface area contributed by atoms with Gasteiger partial charge in [0.15, 0.2) is 0 Å². The minimum Gasteiger partial charge on any atom is -0.317 e. The maximum atomic E-state index is 12.5. The molecule has 1 aromatic heterocycles. The molecule has 0 saturated heterocycles. The molecular weight excluding hydrogens is 262 g/mol. The summed E-state index contributed by atoms with van der Waals surface area (Å²) in [6, 6.07) is 0. The third-order valence-electron chi connectivity index (χ3n) is 4.22. The molecule has 1 aliphatic carbocycles. The summed E-state index contributed by atoms with van der Waals surface area (Å²) in [6.07, 6.45) is 5.87. The highest BCUT2D eigenvalue weighted by Gasteiger charge is 2.60. The number of imidazole rings is 1. The van der Waals surface area contributed by atoms with Crippen LogP contribution in [0.15, 0.2) is 24.0 Å². The minimum atomic E-state index is 0.0385. The first-order valence-electron chi connectivity index (χ1n) is 7.70. The first-order chi connectivity index (χ1) is 9.73. The molecule has 4 nitrogen and oxygen atoms in total. The van der Waals surface area contributed by atoms with Gasteiger partial charge in [-0.3, -0.25) is 10.1 Å². The second-order valence-electron chi connectivity index (χ2n) is 7.36. The van der Waals surface area contributed by atoms with Gasteiger partial charge in [0.25, 0.3) is 0 Å². The zero-order chi connectivity index (χ0) is 15.8. The van der Waals surface area contributed by atoms with Gasteiger partial charge in [-0.2, -0.15) is 0 Å². The van der Waals surface area contributed by atoms with Gasteiger partial charge in [0.1, 0.15) is 0 Å². The monoisotopic (exact) mass is 289 g/mol. The number of aromatic nitrogens is 2. The van der Waals surface area contributed by atoms with Crippen LogP contribution in [0.3, 0.4) is 0 Å². The molecule has 0 radical (unpaired) electrons. The Balaban J connectivity index is 2.06. The number of hydrogen-bond acceptors (Lipinski definition) is 2. The van der Waals surface area contributed by atoms with Crippen LogP contribution >= 0.6 is 0 Å². The van der Waals surface area contributed by atoms with Gasteiger partial charge in [-0.05, 0) is 31.1 Å². The third-order valence-corrected chi connectivity index (χ3v) is 4.22. The van der Waals surface area contributed by atoms with E-state index in [2.05, 4.69) is 57.9 Å². The van der Waals surface area contributed by atoms with Gasteiger partial charge < -0.3 is 4.57 Å². The number of anilines is 1. The molecule has 0 aliphatic heterocycles. The summed E-state index contributed by atoms with van der Waals surface area (Å²) in [5.41, 5.74) is 1.31. The van der Waals surface area contributed by atoms with Gasteiger partial charge in [-0.25, -0.2) is 4.98 Å². The zero-order valence-corrected chi connectivity index (χ0v) is 14.0. The summed E-state index contributed by atoms with van der Waals surface area (Å²) in [5.74, 6) is 1.63. The zero-order valence-electron chi connectivity index (χ0n) is 14.0. The summed E-state index contributed by atoms with van der Waals surface area (Å²) in [6.45, 7) is 13.6. The minimum absolute atomic E-state index is 0.0385. The predicted molar refractivity (Wildman–Crippen MR) is 85.9 cm³/mol. The average molecular weight is 289 g/mol. The van der Waals surface area contributed by atoms with Crippen molar-refractivity contribution in [1.29, 1.82) is 0 Å². The number of allylic oxidation sites excluding steroid dienone is 2. The van der Waals surface area contributed by atoms with E-state index in [0.717, 1.165) is 6.54 Å². The molecule has 1 amide bonds. The van der Waals surface area contributed by atoms with E-state index in [1.54, 1.807) is 6.20 Å². The fourth-order valence-corrected chi connectivity index (χ4v) is 3.01. The van der Waals surface area contributed by atoms with Crippen molar-refractivity contribution < 1.29 is 4.79 Å². The summed E-state index contributed by atoms with van der Waals surface area (Å²) < 4.78 is 2.01. The lowest BCUT2D eigenvalue weighted by Gasteiger charge is -2.11. The number of nitrogens with zero attached hydrogens (tertiary/aromatic N) is 2. The Labute approximate surface area is 127 Å². The molecule has 116 valence electrons. The van der Waals surface area contributed by atoms with Gasteiger partial charge in [0, 0.05) is 18.9 Å². The van der Waals surface area contributed by atoms with E-state index in [1.165, 1.54) is 5.57 Å². The van der Waals surface area contributed by atoms with Crippen molar-refractivity contribution in [2.75, 3.05) is 5.32 Å². The van der Waals surface area contributed by atoms with Crippen LogP contribution in [-0.2, 0) is 11.3 Å². The topological polar surface area (TPSA) is 46.9 Å². The lowest BCUT2D eigenvalue weighted by atomic mass is 10.1. The molecule has 0 bridgehead atoms. The Morgan fingerprint density at radius 3 is 2.71 bits per heavy atom. The van der Waals surface area contributed by atoms with E-state index >= 15 is 0 Å². The Hall–Kier alpha value is -1.58. The van der Waals surface area contributed by atoms with E-state index in [-0.39, 0.29) is 17.2 Å². The predicted octanol–water partition coefficient (Wildman–Crippen LogP) is 3.72. The van der Waals surface area contributed by atoms with Gasteiger partial charge in [0.05, 0.1) is 5.92 Å². The van der Waals surface area contributed by atoms with Gasteiger partial charge >= 0.3 is 0 Å². The molecule has 1 fully saturated rings. The fourth-order valence-electron chi connectivity index (χ4n) is 3.01. The second kappa shape index (κ2) is 5.66. The van der Waals surface area contributed by atoms with Crippen molar-refractivity contribution in [3.8, 4) is 0 Å². The summed E-state index contributed by atoms with van der Waals surface area (Å²) in [4.78, 5) is 16.8. The van der Waals surface area contributed by atoms with Crippen LogP contribution in [0, 0.1) is 23.2 Å². The van der Waals surface area contributed by atoms with E-state index in [4.69, 9.17) is 0 Å². The van der Waals surface area contributed by atoms with Crippen LogP contribution in [-0.4, -0.2) is 15.5 Å². The van der Waals surface area contributed by atoms with Crippen LogP contribution in [0.2, 0.25) is 0 Å². The highest BCUT2D eigenvalue weighted by atomic mass is 16.2. The largest absolute Gasteiger partial charge is 0.317 e. The van der Waals surface area contributed by atoms with Crippen LogP contribution in [0.5, 0.6) is 0 Å². The number of amides is 1. The quantitative estimate of drug-likeness (QED) is 0.840. The normalized spacial score (nSPS) is 23.0. The molecule has 21 heavy (non-hydrogen) atoms. The smallest absolute Gasteiger partial charge is 0.230 e. The van der Waals surface area contributed by atoms with Crippen LogP contribution in [0.4, 0.5) is 5.95 Å². The van der Waals surface area contributed by atoms with Crippen molar-refractivity contribution in [2.45, 2.75) is 48.1 Å². The van der Waals surface area contributed by atoms with E-state index in [0.29, 0.717) is 17.8 Å². The SMILES string of the molecule is CC(C)=CC1C(C(=O)Nc2nccn2CC(C)C)C1(C)C. The average Bonchev–Trinajstić information content (AvgIpc) is 2.67. The Morgan fingerprint density at radius 1 is 1.48 bits per heavy atom. The highest BCUT2D eigenvalue weighted by Crippen LogP contribution is 2.59. The van der Waals surface area contributed by atoms with Gasteiger partial charge in [0.2, 0.25) is 11.9 Å². The van der Waals surface area contributed by atoms with Gasteiger partial charge in [-0.1, -0.05) is 39.3 Å².